The smallest absolute Gasteiger partial charge is 0.300 e. The molecule has 0 spiro atoms. The zero-order chi connectivity index (χ0) is 25.8. The lowest BCUT2D eigenvalue weighted by Crippen LogP contribution is -2.29. The Morgan fingerprint density at radius 2 is 1.69 bits per heavy atom. The number of nitrogens with zero attached hydrogens (tertiary/aromatic N) is 1. The van der Waals surface area contributed by atoms with Crippen LogP contribution in [0.4, 0.5) is 5.69 Å². The van der Waals surface area contributed by atoms with Gasteiger partial charge in [-0.3, -0.25) is 14.5 Å². The van der Waals surface area contributed by atoms with Crippen molar-refractivity contribution < 1.29 is 28.9 Å². The highest BCUT2D eigenvalue weighted by molar-refractivity contribution is 6.51. The van der Waals surface area contributed by atoms with Crippen molar-refractivity contribution in [1.29, 1.82) is 0 Å². The summed E-state index contributed by atoms with van der Waals surface area (Å²) in [5, 5.41) is 11.4. The maximum absolute atomic E-state index is 13.4. The summed E-state index contributed by atoms with van der Waals surface area (Å²) in [4.78, 5) is 28.3. The van der Waals surface area contributed by atoms with Crippen LogP contribution in [-0.4, -0.2) is 36.6 Å². The molecular weight excluding hydrogens is 458 g/mol. The number of Topliss-reactive ketones (excluding diaryl/α,β-unsaturated/α-hetero) is 1. The number of benzene rings is 3. The molecule has 0 aliphatic carbocycles. The fraction of sp³-hybridized carbons (Fsp3) is 0.241. The Morgan fingerprint density at radius 1 is 0.972 bits per heavy atom. The molecule has 3 aromatic rings. The first-order valence-corrected chi connectivity index (χ1v) is 11.8. The topological polar surface area (TPSA) is 85.3 Å². The van der Waals surface area contributed by atoms with Crippen LogP contribution in [-0.2, 0) is 9.59 Å². The van der Waals surface area contributed by atoms with Gasteiger partial charge in [-0.25, -0.2) is 0 Å². The molecule has 7 heteroatoms. The van der Waals surface area contributed by atoms with Crippen LogP contribution in [0.2, 0.25) is 0 Å². The number of ketones is 1. The van der Waals surface area contributed by atoms with Gasteiger partial charge in [0.25, 0.3) is 11.7 Å². The van der Waals surface area contributed by atoms with Crippen molar-refractivity contribution in [2.45, 2.75) is 32.9 Å². The van der Waals surface area contributed by atoms with Gasteiger partial charge in [0.2, 0.25) is 0 Å². The lowest BCUT2D eigenvalue weighted by atomic mass is 9.94. The molecule has 186 valence electrons. The van der Waals surface area contributed by atoms with E-state index in [1.54, 1.807) is 66.7 Å². The first kappa shape index (κ1) is 24.9. The highest BCUT2D eigenvalue weighted by atomic mass is 16.5. The number of carbonyl (C=O) groups excluding carboxylic acids is 2. The van der Waals surface area contributed by atoms with Crippen LogP contribution in [0.5, 0.6) is 17.2 Å². The second-order valence-electron chi connectivity index (χ2n) is 8.54. The number of aliphatic hydroxyl groups is 1. The zero-order valence-corrected chi connectivity index (χ0v) is 20.7. The molecule has 1 amide bonds. The van der Waals surface area contributed by atoms with E-state index in [1.807, 2.05) is 26.8 Å². The van der Waals surface area contributed by atoms with Gasteiger partial charge in [0.15, 0.2) is 0 Å². The predicted octanol–water partition coefficient (Wildman–Crippen LogP) is 5.51. The lowest BCUT2D eigenvalue weighted by Gasteiger charge is -2.26. The van der Waals surface area contributed by atoms with E-state index in [-0.39, 0.29) is 17.4 Å². The van der Waals surface area contributed by atoms with E-state index in [4.69, 9.17) is 14.2 Å². The largest absolute Gasteiger partial charge is 0.507 e. The monoisotopic (exact) mass is 487 g/mol. The number of amides is 1. The first-order valence-electron chi connectivity index (χ1n) is 11.8. The third kappa shape index (κ3) is 4.77. The van der Waals surface area contributed by atoms with E-state index in [1.165, 1.54) is 12.0 Å². The number of hydrogen-bond acceptors (Lipinski definition) is 6. The molecule has 1 heterocycles. The van der Waals surface area contributed by atoms with Gasteiger partial charge in [0.1, 0.15) is 23.0 Å². The Balaban J connectivity index is 1.95. The Bertz CT molecular complexity index is 1310. The standard InChI is InChI=1S/C29H29NO6/c1-5-35-21-12-9-11-20(17-21)30-26(19-10-8-13-22(16-19)36-18(2)3)25(28(32)29(30)33)27(31)23-14-6-7-15-24(23)34-4/h6-18,26,31H,5H2,1-4H3/b27-25+. The van der Waals surface area contributed by atoms with E-state index >= 15 is 0 Å². The molecular formula is C29H29NO6. The van der Waals surface area contributed by atoms with Crippen molar-refractivity contribution in [3.8, 4) is 17.2 Å². The summed E-state index contributed by atoms with van der Waals surface area (Å²) in [5.41, 5.74) is 1.38. The van der Waals surface area contributed by atoms with E-state index < -0.39 is 17.7 Å². The van der Waals surface area contributed by atoms with Crippen LogP contribution in [0.25, 0.3) is 5.76 Å². The highest BCUT2D eigenvalue weighted by Gasteiger charge is 2.47. The van der Waals surface area contributed by atoms with Gasteiger partial charge in [-0.2, -0.15) is 0 Å². The van der Waals surface area contributed by atoms with Crippen molar-refractivity contribution in [2.75, 3.05) is 18.6 Å². The number of rotatable bonds is 8. The van der Waals surface area contributed by atoms with Crippen LogP contribution < -0.4 is 19.1 Å². The molecule has 1 aliphatic heterocycles. The van der Waals surface area contributed by atoms with Gasteiger partial charge in [-0.05, 0) is 62.7 Å². The third-order valence-corrected chi connectivity index (χ3v) is 5.76. The second-order valence-corrected chi connectivity index (χ2v) is 8.54. The molecule has 1 unspecified atom stereocenters. The van der Waals surface area contributed by atoms with Gasteiger partial charge in [-0.1, -0.05) is 30.3 Å². The summed E-state index contributed by atoms with van der Waals surface area (Å²) in [6, 6.07) is 20.1. The van der Waals surface area contributed by atoms with Crippen molar-refractivity contribution in [3.05, 3.63) is 89.5 Å². The maximum atomic E-state index is 13.4. The minimum absolute atomic E-state index is 0.0343. The summed E-state index contributed by atoms with van der Waals surface area (Å²) in [5.74, 6) is -0.309. The Hall–Kier alpha value is -4.26. The molecule has 1 atom stereocenters. The summed E-state index contributed by atoms with van der Waals surface area (Å²) in [6.45, 7) is 6.15. The minimum Gasteiger partial charge on any atom is -0.507 e. The summed E-state index contributed by atoms with van der Waals surface area (Å²) >= 11 is 0. The third-order valence-electron chi connectivity index (χ3n) is 5.76. The molecule has 3 aromatic carbocycles. The number of anilines is 1. The number of carbonyl (C=O) groups is 2. The molecule has 1 fully saturated rings. The minimum atomic E-state index is -0.900. The van der Waals surface area contributed by atoms with Crippen LogP contribution in [0.3, 0.4) is 0 Å². The quantitative estimate of drug-likeness (QED) is 0.256. The molecule has 36 heavy (non-hydrogen) atoms. The highest BCUT2D eigenvalue weighted by Crippen LogP contribution is 2.44. The van der Waals surface area contributed by atoms with Crippen molar-refractivity contribution in [2.24, 2.45) is 0 Å². The summed E-state index contributed by atoms with van der Waals surface area (Å²) in [6.07, 6.45) is -0.0666. The number of aliphatic hydroxyl groups excluding tert-OH is 1. The molecule has 1 aliphatic rings. The predicted molar refractivity (Wildman–Crippen MR) is 138 cm³/mol. The maximum Gasteiger partial charge on any atom is 0.300 e. The normalized spacial score (nSPS) is 16.9. The average Bonchev–Trinajstić information content (AvgIpc) is 3.14. The van der Waals surface area contributed by atoms with Crippen molar-refractivity contribution >= 4 is 23.1 Å². The SMILES string of the molecule is CCOc1cccc(N2C(=O)C(=O)/C(=C(/O)c3ccccc3OC)C2c2cccc(OC(C)C)c2)c1. The molecule has 0 radical (unpaired) electrons. The molecule has 0 aromatic heterocycles. The Labute approximate surface area is 210 Å². The number of ether oxygens (including phenoxy) is 3. The van der Waals surface area contributed by atoms with Crippen molar-refractivity contribution in [3.63, 3.8) is 0 Å². The van der Waals surface area contributed by atoms with Crippen LogP contribution in [0.1, 0.15) is 37.9 Å². The summed E-state index contributed by atoms with van der Waals surface area (Å²) in [7, 11) is 1.48. The molecule has 4 rings (SSSR count). The zero-order valence-electron chi connectivity index (χ0n) is 20.7. The van der Waals surface area contributed by atoms with Crippen molar-refractivity contribution in [1.82, 2.24) is 0 Å². The van der Waals surface area contributed by atoms with Crippen LogP contribution >= 0.6 is 0 Å². The van der Waals surface area contributed by atoms with E-state index in [0.717, 1.165) is 0 Å². The van der Waals surface area contributed by atoms with E-state index in [0.29, 0.717) is 40.7 Å². The van der Waals surface area contributed by atoms with Gasteiger partial charge >= 0.3 is 0 Å². The number of para-hydroxylation sites is 1. The Kier molecular flexibility index (Phi) is 7.29. The fourth-order valence-corrected chi connectivity index (χ4v) is 4.32. The van der Waals surface area contributed by atoms with E-state index in [2.05, 4.69) is 0 Å². The molecule has 0 bridgehead atoms. The number of methoxy groups -OCH3 is 1. The second kappa shape index (κ2) is 10.6. The lowest BCUT2D eigenvalue weighted by molar-refractivity contribution is -0.132. The molecule has 1 saturated heterocycles. The van der Waals surface area contributed by atoms with Gasteiger partial charge < -0.3 is 19.3 Å². The van der Waals surface area contributed by atoms with Gasteiger partial charge in [0, 0.05) is 11.8 Å². The van der Waals surface area contributed by atoms with Crippen LogP contribution in [0, 0.1) is 0 Å². The first-order chi connectivity index (χ1) is 17.3. The van der Waals surface area contributed by atoms with E-state index in [9.17, 15) is 14.7 Å². The molecule has 1 N–H and O–H groups in total. The average molecular weight is 488 g/mol. The summed E-state index contributed by atoms with van der Waals surface area (Å²) < 4.78 is 16.9. The number of hydrogen-bond donors (Lipinski definition) is 1. The molecule has 0 saturated carbocycles. The van der Waals surface area contributed by atoms with Crippen LogP contribution in [0.15, 0.2) is 78.4 Å². The molecule has 7 nitrogen and oxygen atoms in total. The Morgan fingerprint density at radius 3 is 2.42 bits per heavy atom. The van der Waals surface area contributed by atoms with Gasteiger partial charge in [-0.15, -0.1) is 0 Å². The fourth-order valence-electron chi connectivity index (χ4n) is 4.32. The van der Waals surface area contributed by atoms with Gasteiger partial charge in [0.05, 0.1) is 37.0 Å².